The van der Waals surface area contributed by atoms with Crippen molar-refractivity contribution in [3.05, 3.63) is 51.9 Å². The first-order valence-electron chi connectivity index (χ1n) is 6.10. The van der Waals surface area contributed by atoms with Gasteiger partial charge in [-0.1, -0.05) is 23.9 Å². The SMILES string of the molecule is Cc1ccc(C)c(NC(=O)CSc2nccc(=O)[nH]2)c1. The summed E-state index contributed by atoms with van der Waals surface area (Å²) in [6, 6.07) is 7.23. The van der Waals surface area contributed by atoms with Crippen LogP contribution >= 0.6 is 11.8 Å². The second kappa shape index (κ2) is 6.38. The van der Waals surface area contributed by atoms with Crippen molar-refractivity contribution in [1.29, 1.82) is 0 Å². The van der Waals surface area contributed by atoms with Crippen LogP contribution in [0.3, 0.4) is 0 Å². The van der Waals surface area contributed by atoms with Crippen LogP contribution in [0.1, 0.15) is 11.1 Å². The fraction of sp³-hybridized carbons (Fsp3) is 0.214. The maximum atomic E-state index is 11.9. The Bertz CT molecular complexity index is 682. The first-order chi connectivity index (χ1) is 9.54. The van der Waals surface area contributed by atoms with Crippen LogP contribution in [0.15, 0.2) is 40.4 Å². The van der Waals surface area contributed by atoms with Gasteiger partial charge in [0.1, 0.15) is 0 Å². The van der Waals surface area contributed by atoms with E-state index in [0.29, 0.717) is 5.16 Å². The van der Waals surface area contributed by atoms with E-state index in [2.05, 4.69) is 15.3 Å². The van der Waals surface area contributed by atoms with Crippen LogP contribution in [0.2, 0.25) is 0 Å². The van der Waals surface area contributed by atoms with Gasteiger partial charge in [0.2, 0.25) is 5.91 Å². The fourth-order valence-corrected chi connectivity index (χ4v) is 2.26. The summed E-state index contributed by atoms with van der Waals surface area (Å²) in [7, 11) is 0. The van der Waals surface area contributed by atoms with Gasteiger partial charge >= 0.3 is 0 Å². The third kappa shape index (κ3) is 3.96. The molecule has 0 aliphatic carbocycles. The van der Waals surface area contributed by atoms with Crippen molar-refractivity contribution in [2.45, 2.75) is 19.0 Å². The minimum Gasteiger partial charge on any atom is -0.325 e. The lowest BCUT2D eigenvalue weighted by molar-refractivity contribution is -0.113. The number of hydrogen-bond donors (Lipinski definition) is 2. The van der Waals surface area contributed by atoms with Gasteiger partial charge in [0.25, 0.3) is 5.56 Å². The van der Waals surface area contributed by atoms with Crippen LogP contribution in [0.5, 0.6) is 0 Å². The first-order valence-corrected chi connectivity index (χ1v) is 7.08. The second-order valence-corrected chi connectivity index (χ2v) is 5.36. The van der Waals surface area contributed by atoms with Crippen LogP contribution in [0.4, 0.5) is 5.69 Å². The number of amides is 1. The van der Waals surface area contributed by atoms with Crippen molar-refractivity contribution in [3.63, 3.8) is 0 Å². The molecule has 0 radical (unpaired) electrons. The zero-order valence-corrected chi connectivity index (χ0v) is 12.1. The molecule has 0 saturated carbocycles. The Kier molecular flexibility index (Phi) is 4.57. The minimum absolute atomic E-state index is 0.129. The highest BCUT2D eigenvalue weighted by Gasteiger charge is 2.07. The summed E-state index contributed by atoms with van der Waals surface area (Å²) in [5.41, 5.74) is 2.69. The Morgan fingerprint density at radius 1 is 1.35 bits per heavy atom. The molecular weight excluding hydrogens is 274 g/mol. The zero-order valence-electron chi connectivity index (χ0n) is 11.3. The van der Waals surface area contributed by atoms with Crippen LogP contribution in [0, 0.1) is 13.8 Å². The zero-order chi connectivity index (χ0) is 14.5. The van der Waals surface area contributed by atoms with Gasteiger partial charge in [-0.15, -0.1) is 0 Å². The standard InChI is InChI=1S/C14H15N3O2S/c1-9-3-4-10(2)11(7-9)16-13(19)8-20-14-15-6-5-12(18)17-14/h3-7H,8H2,1-2H3,(H,16,19)(H,15,17,18). The number of benzene rings is 1. The Morgan fingerprint density at radius 2 is 2.15 bits per heavy atom. The normalized spacial score (nSPS) is 10.3. The van der Waals surface area contributed by atoms with Gasteiger partial charge in [-0.05, 0) is 31.0 Å². The van der Waals surface area contributed by atoms with E-state index >= 15 is 0 Å². The molecule has 2 rings (SSSR count). The third-order valence-corrected chi connectivity index (χ3v) is 3.54. The van der Waals surface area contributed by atoms with E-state index < -0.39 is 0 Å². The number of nitrogens with one attached hydrogen (secondary N) is 2. The number of carbonyl (C=O) groups is 1. The van der Waals surface area contributed by atoms with Crippen molar-refractivity contribution in [2.24, 2.45) is 0 Å². The van der Waals surface area contributed by atoms with E-state index in [0.717, 1.165) is 16.8 Å². The Balaban J connectivity index is 1.96. The Hall–Kier alpha value is -2.08. The van der Waals surface area contributed by atoms with Gasteiger partial charge < -0.3 is 10.3 Å². The molecule has 104 valence electrons. The van der Waals surface area contributed by atoms with E-state index in [1.807, 2.05) is 32.0 Å². The van der Waals surface area contributed by atoms with E-state index in [1.165, 1.54) is 24.0 Å². The number of rotatable bonds is 4. The largest absolute Gasteiger partial charge is 0.325 e. The number of carbonyl (C=O) groups excluding carboxylic acids is 1. The van der Waals surface area contributed by atoms with Gasteiger partial charge in [-0.2, -0.15) is 0 Å². The topological polar surface area (TPSA) is 74.8 Å². The quantitative estimate of drug-likeness (QED) is 0.668. The summed E-state index contributed by atoms with van der Waals surface area (Å²) in [4.78, 5) is 29.5. The molecule has 0 fully saturated rings. The molecule has 6 heteroatoms. The van der Waals surface area contributed by atoms with E-state index in [4.69, 9.17) is 0 Å². The summed E-state index contributed by atoms with van der Waals surface area (Å²) in [5, 5.41) is 3.29. The van der Waals surface area contributed by atoms with Gasteiger partial charge in [0, 0.05) is 18.0 Å². The monoisotopic (exact) mass is 289 g/mol. The molecule has 0 aliphatic rings. The molecule has 2 N–H and O–H groups in total. The Labute approximate surface area is 120 Å². The van der Waals surface area contributed by atoms with Crippen molar-refractivity contribution in [1.82, 2.24) is 9.97 Å². The predicted molar refractivity (Wildman–Crippen MR) is 80.1 cm³/mol. The maximum Gasteiger partial charge on any atom is 0.251 e. The van der Waals surface area contributed by atoms with Crippen LogP contribution in [-0.2, 0) is 4.79 Å². The molecule has 0 aliphatic heterocycles. The molecule has 1 aromatic heterocycles. The number of aryl methyl sites for hydroxylation is 2. The highest BCUT2D eigenvalue weighted by Crippen LogP contribution is 2.17. The van der Waals surface area contributed by atoms with Crippen molar-refractivity contribution >= 4 is 23.4 Å². The number of anilines is 1. The fourth-order valence-electron chi connectivity index (χ4n) is 1.62. The molecule has 5 nitrogen and oxygen atoms in total. The van der Waals surface area contributed by atoms with Gasteiger partial charge in [0.05, 0.1) is 5.75 Å². The lowest BCUT2D eigenvalue weighted by Crippen LogP contribution is -2.15. The predicted octanol–water partition coefficient (Wildman–Crippen LogP) is 2.12. The number of thioether (sulfide) groups is 1. The molecule has 2 aromatic rings. The van der Waals surface area contributed by atoms with Gasteiger partial charge in [-0.3, -0.25) is 9.59 Å². The molecule has 0 saturated heterocycles. The average molecular weight is 289 g/mol. The molecule has 0 bridgehead atoms. The number of H-pyrrole nitrogens is 1. The molecule has 1 heterocycles. The number of aromatic nitrogens is 2. The summed E-state index contributed by atoms with van der Waals surface area (Å²) in [5.74, 6) is 0.0653. The second-order valence-electron chi connectivity index (χ2n) is 4.39. The van der Waals surface area contributed by atoms with Crippen molar-refractivity contribution < 1.29 is 4.79 Å². The maximum absolute atomic E-state index is 11.9. The highest BCUT2D eigenvalue weighted by atomic mass is 32.2. The molecule has 0 unspecified atom stereocenters. The summed E-state index contributed by atoms with van der Waals surface area (Å²) < 4.78 is 0. The van der Waals surface area contributed by atoms with Crippen molar-refractivity contribution in [2.75, 3.05) is 11.1 Å². The summed E-state index contributed by atoms with van der Waals surface area (Å²) in [6.45, 7) is 3.92. The van der Waals surface area contributed by atoms with E-state index in [9.17, 15) is 9.59 Å². The summed E-state index contributed by atoms with van der Waals surface area (Å²) >= 11 is 1.19. The van der Waals surface area contributed by atoms with Crippen LogP contribution in [0.25, 0.3) is 0 Å². The lowest BCUT2D eigenvalue weighted by Gasteiger charge is -2.08. The smallest absolute Gasteiger partial charge is 0.251 e. The number of hydrogen-bond acceptors (Lipinski definition) is 4. The lowest BCUT2D eigenvalue weighted by atomic mass is 10.1. The first kappa shape index (κ1) is 14.3. The van der Waals surface area contributed by atoms with Crippen molar-refractivity contribution in [3.8, 4) is 0 Å². The van der Waals surface area contributed by atoms with Gasteiger partial charge in [-0.25, -0.2) is 4.98 Å². The molecule has 1 aromatic carbocycles. The minimum atomic E-state index is -0.225. The molecule has 1 amide bonds. The Morgan fingerprint density at radius 3 is 2.90 bits per heavy atom. The van der Waals surface area contributed by atoms with Crippen LogP contribution in [-0.4, -0.2) is 21.6 Å². The third-order valence-electron chi connectivity index (χ3n) is 2.65. The van der Waals surface area contributed by atoms with E-state index in [-0.39, 0.29) is 17.2 Å². The van der Waals surface area contributed by atoms with Crippen LogP contribution < -0.4 is 10.9 Å². The average Bonchev–Trinajstić information content (AvgIpc) is 2.41. The highest BCUT2D eigenvalue weighted by molar-refractivity contribution is 7.99. The number of nitrogens with zero attached hydrogens (tertiary/aromatic N) is 1. The molecule has 0 spiro atoms. The number of aromatic amines is 1. The molecule has 0 atom stereocenters. The summed E-state index contributed by atoms with van der Waals surface area (Å²) in [6.07, 6.45) is 1.42. The van der Waals surface area contributed by atoms with E-state index in [1.54, 1.807) is 0 Å². The molecular formula is C14H15N3O2S. The molecule has 20 heavy (non-hydrogen) atoms. The van der Waals surface area contributed by atoms with Gasteiger partial charge in [0.15, 0.2) is 5.16 Å².